The van der Waals surface area contributed by atoms with E-state index in [1.54, 1.807) is 0 Å². The Bertz CT molecular complexity index is 486. The van der Waals surface area contributed by atoms with Crippen LogP contribution in [0.2, 0.25) is 0 Å². The maximum absolute atomic E-state index is 4.57. The molecule has 0 saturated carbocycles. The van der Waals surface area contributed by atoms with Crippen molar-refractivity contribution in [2.45, 2.75) is 33.4 Å². The van der Waals surface area contributed by atoms with Crippen molar-refractivity contribution in [1.29, 1.82) is 0 Å². The van der Waals surface area contributed by atoms with E-state index in [0.717, 1.165) is 17.9 Å². The van der Waals surface area contributed by atoms with Gasteiger partial charge in [-0.25, -0.2) is 4.68 Å². The summed E-state index contributed by atoms with van der Waals surface area (Å²) in [5, 5.41) is 7.93. The molecule has 0 amide bonds. The van der Waals surface area contributed by atoms with Gasteiger partial charge in [0.2, 0.25) is 0 Å². The van der Waals surface area contributed by atoms with Gasteiger partial charge in [0, 0.05) is 18.8 Å². The van der Waals surface area contributed by atoms with E-state index in [2.05, 4.69) is 49.4 Å². The second-order valence-corrected chi connectivity index (χ2v) is 4.57. The number of nitrogens with zero attached hydrogens (tertiary/aromatic N) is 2. The summed E-state index contributed by atoms with van der Waals surface area (Å²) in [6, 6.07) is 10.8. The van der Waals surface area contributed by atoms with Gasteiger partial charge in [0.1, 0.15) is 0 Å². The van der Waals surface area contributed by atoms with E-state index < -0.39 is 0 Å². The van der Waals surface area contributed by atoms with Crippen molar-refractivity contribution in [3.05, 3.63) is 47.8 Å². The zero-order valence-electron chi connectivity index (χ0n) is 10.6. The van der Waals surface area contributed by atoms with Gasteiger partial charge in [0.25, 0.3) is 0 Å². The molecule has 0 saturated heterocycles. The molecule has 0 atom stereocenters. The molecule has 1 heterocycles. The summed E-state index contributed by atoms with van der Waals surface area (Å²) in [5.74, 6) is 0. The van der Waals surface area contributed by atoms with Gasteiger partial charge in [-0.15, -0.1) is 0 Å². The minimum atomic E-state index is 0.485. The summed E-state index contributed by atoms with van der Waals surface area (Å²) in [6.07, 6.45) is 2.01. The fourth-order valence-electron chi connectivity index (χ4n) is 1.72. The number of benzene rings is 1. The molecule has 0 unspecified atom stereocenters. The van der Waals surface area contributed by atoms with Crippen LogP contribution in [0.15, 0.2) is 36.5 Å². The molecule has 17 heavy (non-hydrogen) atoms. The van der Waals surface area contributed by atoms with Gasteiger partial charge in [-0.1, -0.05) is 32.0 Å². The number of aromatic nitrogens is 2. The Morgan fingerprint density at radius 1 is 1.24 bits per heavy atom. The van der Waals surface area contributed by atoms with Crippen molar-refractivity contribution in [2.75, 3.05) is 0 Å². The third kappa shape index (κ3) is 2.94. The van der Waals surface area contributed by atoms with Gasteiger partial charge < -0.3 is 5.32 Å². The van der Waals surface area contributed by atoms with Crippen LogP contribution in [0.5, 0.6) is 0 Å². The van der Waals surface area contributed by atoms with Gasteiger partial charge in [0.05, 0.1) is 11.4 Å². The number of nitrogens with one attached hydrogen (secondary N) is 1. The molecule has 1 aromatic carbocycles. The summed E-state index contributed by atoms with van der Waals surface area (Å²) in [7, 11) is 0. The highest BCUT2D eigenvalue weighted by molar-refractivity contribution is 5.39. The van der Waals surface area contributed by atoms with Crippen LogP contribution >= 0.6 is 0 Å². The molecular weight excluding hydrogens is 210 g/mol. The minimum absolute atomic E-state index is 0.485. The lowest BCUT2D eigenvalue weighted by Crippen LogP contribution is -2.22. The van der Waals surface area contributed by atoms with Gasteiger partial charge in [-0.3, -0.25) is 0 Å². The van der Waals surface area contributed by atoms with E-state index in [9.17, 15) is 0 Å². The van der Waals surface area contributed by atoms with Crippen molar-refractivity contribution < 1.29 is 0 Å². The lowest BCUT2D eigenvalue weighted by atomic mass is 10.2. The lowest BCUT2D eigenvalue weighted by Gasteiger charge is -2.06. The summed E-state index contributed by atoms with van der Waals surface area (Å²) in [5.41, 5.74) is 3.45. The average molecular weight is 229 g/mol. The SMILES string of the molecule is Cc1ccccc1-n1ccc(CNC(C)C)n1. The second-order valence-electron chi connectivity index (χ2n) is 4.57. The van der Waals surface area contributed by atoms with Crippen LogP contribution in [0.25, 0.3) is 5.69 Å². The van der Waals surface area contributed by atoms with Crippen molar-refractivity contribution in [3.63, 3.8) is 0 Å². The maximum atomic E-state index is 4.57. The molecule has 2 rings (SSSR count). The Kier molecular flexibility index (Phi) is 3.59. The third-order valence-electron chi connectivity index (χ3n) is 2.70. The number of hydrogen-bond acceptors (Lipinski definition) is 2. The summed E-state index contributed by atoms with van der Waals surface area (Å²) < 4.78 is 1.94. The summed E-state index contributed by atoms with van der Waals surface area (Å²) in [4.78, 5) is 0. The molecule has 2 aromatic rings. The number of aryl methyl sites for hydroxylation is 1. The fourth-order valence-corrected chi connectivity index (χ4v) is 1.72. The number of para-hydroxylation sites is 1. The van der Waals surface area contributed by atoms with Crippen LogP contribution in [0.4, 0.5) is 0 Å². The molecule has 1 N–H and O–H groups in total. The molecule has 0 bridgehead atoms. The summed E-state index contributed by atoms with van der Waals surface area (Å²) >= 11 is 0. The second kappa shape index (κ2) is 5.15. The molecule has 1 aromatic heterocycles. The normalized spacial score (nSPS) is 11.1. The van der Waals surface area contributed by atoms with Crippen LogP contribution in [0.3, 0.4) is 0 Å². The summed E-state index contributed by atoms with van der Waals surface area (Å²) in [6.45, 7) is 7.19. The topological polar surface area (TPSA) is 29.9 Å². The van der Waals surface area contributed by atoms with E-state index in [4.69, 9.17) is 0 Å². The highest BCUT2D eigenvalue weighted by atomic mass is 15.3. The third-order valence-corrected chi connectivity index (χ3v) is 2.70. The molecule has 3 heteroatoms. The molecule has 3 nitrogen and oxygen atoms in total. The number of hydrogen-bond donors (Lipinski definition) is 1. The van der Waals surface area contributed by atoms with E-state index >= 15 is 0 Å². The van der Waals surface area contributed by atoms with Gasteiger partial charge in [-0.2, -0.15) is 5.10 Å². The first-order valence-electron chi connectivity index (χ1n) is 6.01. The molecule has 90 valence electrons. The van der Waals surface area contributed by atoms with Crippen molar-refractivity contribution in [2.24, 2.45) is 0 Å². The van der Waals surface area contributed by atoms with Gasteiger partial charge >= 0.3 is 0 Å². The first-order valence-corrected chi connectivity index (χ1v) is 6.01. The molecular formula is C14H19N3. The first-order chi connectivity index (χ1) is 8.16. The Labute approximate surface area is 102 Å². The largest absolute Gasteiger partial charge is 0.309 e. The average Bonchev–Trinajstić information content (AvgIpc) is 2.75. The Morgan fingerprint density at radius 3 is 2.71 bits per heavy atom. The van der Waals surface area contributed by atoms with Crippen LogP contribution in [0.1, 0.15) is 25.1 Å². The predicted octanol–water partition coefficient (Wildman–Crippen LogP) is 2.68. The Hall–Kier alpha value is -1.61. The van der Waals surface area contributed by atoms with Crippen LogP contribution in [0, 0.1) is 6.92 Å². The van der Waals surface area contributed by atoms with E-state index in [-0.39, 0.29) is 0 Å². The number of rotatable bonds is 4. The zero-order valence-corrected chi connectivity index (χ0v) is 10.6. The van der Waals surface area contributed by atoms with Gasteiger partial charge in [-0.05, 0) is 24.6 Å². The first kappa shape index (κ1) is 11.9. The van der Waals surface area contributed by atoms with Crippen LogP contribution in [-0.2, 0) is 6.54 Å². The van der Waals surface area contributed by atoms with Gasteiger partial charge in [0.15, 0.2) is 0 Å². The van der Waals surface area contributed by atoms with E-state index in [1.165, 1.54) is 5.56 Å². The fraction of sp³-hybridized carbons (Fsp3) is 0.357. The molecule has 0 fully saturated rings. The van der Waals surface area contributed by atoms with Crippen molar-refractivity contribution >= 4 is 0 Å². The van der Waals surface area contributed by atoms with Crippen LogP contribution < -0.4 is 5.32 Å². The van der Waals surface area contributed by atoms with E-state index in [0.29, 0.717) is 6.04 Å². The minimum Gasteiger partial charge on any atom is -0.309 e. The van der Waals surface area contributed by atoms with E-state index in [1.807, 2.05) is 23.0 Å². The van der Waals surface area contributed by atoms with Crippen molar-refractivity contribution in [3.8, 4) is 5.69 Å². The molecule has 0 radical (unpaired) electrons. The molecule has 0 spiro atoms. The van der Waals surface area contributed by atoms with Crippen LogP contribution in [-0.4, -0.2) is 15.8 Å². The zero-order chi connectivity index (χ0) is 12.3. The quantitative estimate of drug-likeness (QED) is 0.873. The maximum Gasteiger partial charge on any atom is 0.0766 e. The molecule has 0 aliphatic rings. The highest BCUT2D eigenvalue weighted by Gasteiger charge is 2.03. The monoisotopic (exact) mass is 229 g/mol. The lowest BCUT2D eigenvalue weighted by molar-refractivity contribution is 0.578. The smallest absolute Gasteiger partial charge is 0.0766 e. The molecule has 0 aliphatic heterocycles. The Morgan fingerprint density at radius 2 is 2.00 bits per heavy atom. The van der Waals surface area contributed by atoms with Crippen molar-refractivity contribution in [1.82, 2.24) is 15.1 Å². The highest BCUT2D eigenvalue weighted by Crippen LogP contribution is 2.12. The Balaban J connectivity index is 2.16. The predicted molar refractivity (Wildman–Crippen MR) is 70.3 cm³/mol. The molecule has 0 aliphatic carbocycles. The standard InChI is InChI=1S/C14H19N3/c1-11(2)15-10-13-8-9-17(16-13)14-7-5-4-6-12(14)3/h4-9,11,15H,10H2,1-3H3.